The molecule has 1 aliphatic rings. The molecular formula is C18H21NO3. The van der Waals surface area contributed by atoms with Crippen molar-refractivity contribution in [3.63, 3.8) is 0 Å². The van der Waals surface area contributed by atoms with Gasteiger partial charge in [0.1, 0.15) is 5.76 Å². The van der Waals surface area contributed by atoms with E-state index in [1.807, 2.05) is 43.3 Å². The number of rotatable bonds is 4. The molecule has 1 aromatic carbocycles. The van der Waals surface area contributed by atoms with Crippen molar-refractivity contribution >= 4 is 11.6 Å². The summed E-state index contributed by atoms with van der Waals surface area (Å²) in [6, 6.07) is 11.5. The first kappa shape index (κ1) is 14.9. The maximum atomic E-state index is 12.9. The SMILES string of the molecule is Cc1ccc(N(Cc2ccco2)C(=O)C2CCCC2O)cc1. The van der Waals surface area contributed by atoms with Gasteiger partial charge in [-0.25, -0.2) is 0 Å². The number of hydrogen-bond acceptors (Lipinski definition) is 3. The smallest absolute Gasteiger partial charge is 0.233 e. The second-order valence-electron chi connectivity index (χ2n) is 5.94. The van der Waals surface area contributed by atoms with Crippen molar-refractivity contribution in [1.29, 1.82) is 0 Å². The Morgan fingerprint density at radius 2 is 2.05 bits per heavy atom. The van der Waals surface area contributed by atoms with E-state index in [1.54, 1.807) is 11.2 Å². The predicted molar refractivity (Wildman–Crippen MR) is 84.4 cm³/mol. The van der Waals surface area contributed by atoms with Gasteiger partial charge in [-0.05, 0) is 50.5 Å². The molecule has 3 rings (SSSR count). The highest BCUT2D eigenvalue weighted by atomic mass is 16.3. The number of anilines is 1. The van der Waals surface area contributed by atoms with Gasteiger partial charge in [0.05, 0.1) is 24.8 Å². The number of carbonyl (C=O) groups excluding carboxylic acids is 1. The fraction of sp³-hybridized carbons (Fsp3) is 0.389. The van der Waals surface area contributed by atoms with Crippen molar-refractivity contribution in [2.75, 3.05) is 4.90 Å². The van der Waals surface area contributed by atoms with Gasteiger partial charge in [0.15, 0.2) is 0 Å². The molecule has 4 nitrogen and oxygen atoms in total. The Bertz CT molecular complexity index is 618. The number of furan rings is 1. The molecule has 2 unspecified atom stereocenters. The zero-order chi connectivity index (χ0) is 15.5. The molecule has 2 aromatic rings. The van der Waals surface area contributed by atoms with Crippen LogP contribution in [0.15, 0.2) is 47.1 Å². The minimum Gasteiger partial charge on any atom is -0.467 e. The molecule has 116 valence electrons. The Morgan fingerprint density at radius 1 is 1.27 bits per heavy atom. The van der Waals surface area contributed by atoms with E-state index in [-0.39, 0.29) is 11.8 Å². The largest absolute Gasteiger partial charge is 0.467 e. The van der Waals surface area contributed by atoms with Crippen LogP contribution >= 0.6 is 0 Å². The van der Waals surface area contributed by atoms with Crippen LogP contribution in [0.3, 0.4) is 0 Å². The Labute approximate surface area is 130 Å². The van der Waals surface area contributed by atoms with Gasteiger partial charge in [-0.15, -0.1) is 0 Å². The summed E-state index contributed by atoms with van der Waals surface area (Å²) in [4.78, 5) is 14.6. The summed E-state index contributed by atoms with van der Waals surface area (Å²) in [7, 11) is 0. The highest BCUT2D eigenvalue weighted by Crippen LogP contribution is 2.30. The van der Waals surface area contributed by atoms with E-state index in [2.05, 4.69) is 0 Å². The Hall–Kier alpha value is -2.07. The van der Waals surface area contributed by atoms with Gasteiger partial charge in [-0.1, -0.05) is 17.7 Å². The van der Waals surface area contributed by atoms with Crippen molar-refractivity contribution in [3.8, 4) is 0 Å². The number of carbonyl (C=O) groups is 1. The van der Waals surface area contributed by atoms with Crippen LogP contribution in [-0.4, -0.2) is 17.1 Å². The van der Waals surface area contributed by atoms with Crippen LogP contribution in [0.25, 0.3) is 0 Å². The average molecular weight is 299 g/mol. The molecule has 0 saturated heterocycles. The zero-order valence-corrected chi connectivity index (χ0v) is 12.7. The first-order chi connectivity index (χ1) is 10.6. The number of amides is 1. The molecule has 1 N–H and O–H groups in total. The van der Waals surface area contributed by atoms with Crippen LogP contribution in [0.1, 0.15) is 30.6 Å². The molecule has 0 radical (unpaired) electrons. The summed E-state index contributed by atoms with van der Waals surface area (Å²) in [6.07, 6.45) is 3.44. The third-order valence-electron chi connectivity index (χ3n) is 4.30. The third kappa shape index (κ3) is 3.07. The van der Waals surface area contributed by atoms with Gasteiger partial charge in [-0.3, -0.25) is 4.79 Å². The van der Waals surface area contributed by atoms with E-state index >= 15 is 0 Å². The number of aryl methyl sites for hydroxylation is 1. The van der Waals surface area contributed by atoms with Crippen LogP contribution < -0.4 is 4.90 Å². The predicted octanol–water partition coefficient (Wildman–Crippen LogP) is 3.28. The van der Waals surface area contributed by atoms with Gasteiger partial charge in [0, 0.05) is 5.69 Å². The van der Waals surface area contributed by atoms with Crippen molar-refractivity contribution in [2.24, 2.45) is 5.92 Å². The normalized spacial score (nSPS) is 21.0. The van der Waals surface area contributed by atoms with E-state index in [4.69, 9.17) is 4.42 Å². The molecule has 0 bridgehead atoms. The summed E-state index contributed by atoms with van der Waals surface area (Å²) in [5, 5.41) is 10.1. The summed E-state index contributed by atoms with van der Waals surface area (Å²) in [5.41, 5.74) is 1.99. The van der Waals surface area contributed by atoms with Crippen molar-refractivity contribution in [3.05, 3.63) is 54.0 Å². The molecule has 22 heavy (non-hydrogen) atoms. The van der Waals surface area contributed by atoms with Gasteiger partial charge >= 0.3 is 0 Å². The molecule has 1 saturated carbocycles. The molecule has 1 heterocycles. The van der Waals surface area contributed by atoms with Crippen LogP contribution in [0.5, 0.6) is 0 Å². The molecular weight excluding hydrogens is 278 g/mol. The minimum atomic E-state index is -0.531. The summed E-state index contributed by atoms with van der Waals surface area (Å²) < 4.78 is 5.39. The highest BCUT2D eigenvalue weighted by molar-refractivity contribution is 5.95. The van der Waals surface area contributed by atoms with Crippen molar-refractivity contribution in [2.45, 2.75) is 38.8 Å². The molecule has 1 fully saturated rings. The summed E-state index contributed by atoms with van der Waals surface area (Å²) >= 11 is 0. The molecule has 0 spiro atoms. The monoisotopic (exact) mass is 299 g/mol. The first-order valence-electron chi connectivity index (χ1n) is 7.73. The fourth-order valence-electron chi connectivity index (χ4n) is 3.01. The number of benzene rings is 1. The Balaban J connectivity index is 1.88. The maximum Gasteiger partial charge on any atom is 0.233 e. The van der Waals surface area contributed by atoms with Crippen LogP contribution in [0.4, 0.5) is 5.69 Å². The van der Waals surface area contributed by atoms with Gasteiger partial charge < -0.3 is 14.4 Å². The molecule has 0 aliphatic heterocycles. The molecule has 4 heteroatoms. The summed E-state index contributed by atoms with van der Waals surface area (Å²) in [5.74, 6) is 0.405. The second kappa shape index (κ2) is 6.36. The molecule has 2 atom stereocenters. The minimum absolute atomic E-state index is 0.0229. The maximum absolute atomic E-state index is 12.9. The number of aliphatic hydroxyl groups is 1. The van der Waals surface area contributed by atoms with E-state index in [0.29, 0.717) is 13.0 Å². The first-order valence-corrected chi connectivity index (χ1v) is 7.73. The van der Waals surface area contributed by atoms with Gasteiger partial charge in [0.2, 0.25) is 5.91 Å². The van der Waals surface area contributed by atoms with E-state index in [9.17, 15) is 9.90 Å². The van der Waals surface area contributed by atoms with Gasteiger partial charge in [0.25, 0.3) is 0 Å². The molecule has 1 aliphatic carbocycles. The second-order valence-corrected chi connectivity index (χ2v) is 5.94. The lowest BCUT2D eigenvalue weighted by molar-refractivity contribution is -0.125. The van der Waals surface area contributed by atoms with Gasteiger partial charge in [-0.2, -0.15) is 0 Å². The van der Waals surface area contributed by atoms with Crippen LogP contribution in [0.2, 0.25) is 0 Å². The van der Waals surface area contributed by atoms with E-state index in [1.165, 1.54) is 0 Å². The third-order valence-corrected chi connectivity index (χ3v) is 4.30. The molecule has 1 amide bonds. The van der Waals surface area contributed by atoms with Crippen LogP contribution in [-0.2, 0) is 11.3 Å². The molecule has 1 aromatic heterocycles. The average Bonchev–Trinajstić information content (AvgIpc) is 3.16. The number of hydrogen-bond donors (Lipinski definition) is 1. The Kier molecular flexibility index (Phi) is 4.29. The lowest BCUT2D eigenvalue weighted by Gasteiger charge is -2.26. The van der Waals surface area contributed by atoms with E-state index in [0.717, 1.165) is 29.9 Å². The highest BCUT2D eigenvalue weighted by Gasteiger charge is 2.35. The topological polar surface area (TPSA) is 53.7 Å². The lowest BCUT2D eigenvalue weighted by Crippen LogP contribution is -2.38. The quantitative estimate of drug-likeness (QED) is 0.942. The fourth-order valence-corrected chi connectivity index (χ4v) is 3.01. The summed E-state index contributed by atoms with van der Waals surface area (Å²) in [6.45, 7) is 2.40. The zero-order valence-electron chi connectivity index (χ0n) is 12.7. The van der Waals surface area contributed by atoms with E-state index < -0.39 is 6.10 Å². The lowest BCUT2D eigenvalue weighted by atomic mass is 10.0. The number of aliphatic hydroxyl groups excluding tert-OH is 1. The number of nitrogens with zero attached hydrogens (tertiary/aromatic N) is 1. The standard InChI is InChI=1S/C18H21NO3/c1-13-7-9-14(10-8-13)19(12-15-4-3-11-22-15)18(21)16-5-2-6-17(16)20/h3-4,7-11,16-17,20H,2,5-6,12H2,1H3. The Morgan fingerprint density at radius 3 is 2.64 bits per heavy atom. The van der Waals surface area contributed by atoms with Crippen LogP contribution in [0, 0.1) is 12.8 Å². The van der Waals surface area contributed by atoms with Crippen molar-refractivity contribution in [1.82, 2.24) is 0 Å². The van der Waals surface area contributed by atoms with Crippen molar-refractivity contribution < 1.29 is 14.3 Å².